The zero-order valence-electron chi connectivity index (χ0n) is 18.8. The number of rotatable bonds is 7. The number of hydrogen-bond donors (Lipinski definition) is 1. The van der Waals surface area contributed by atoms with Gasteiger partial charge in [-0.2, -0.15) is 23.4 Å². The second kappa shape index (κ2) is 8.09. The highest BCUT2D eigenvalue weighted by atomic mass is 19.4. The van der Waals surface area contributed by atoms with Crippen molar-refractivity contribution in [1.29, 1.82) is 0 Å². The number of amides is 1. The van der Waals surface area contributed by atoms with Crippen molar-refractivity contribution in [3.63, 3.8) is 0 Å². The highest BCUT2D eigenvalue weighted by molar-refractivity contribution is 5.96. The number of carbonyl (C=O) groups is 1. The average molecular weight is 480 g/mol. The maximum Gasteiger partial charge on any atom is 0.435 e. The van der Waals surface area contributed by atoms with Crippen molar-refractivity contribution in [2.24, 2.45) is 17.8 Å². The van der Waals surface area contributed by atoms with E-state index in [2.05, 4.69) is 15.5 Å². The monoisotopic (exact) mass is 480 g/mol. The molecular formula is C22H27F3N6O3. The molecule has 0 saturated heterocycles. The molecule has 4 bridgehead atoms. The lowest BCUT2D eigenvalue weighted by Gasteiger charge is -2.56. The van der Waals surface area contributed by atoms with E-state index < -0.39 is 22.7 Å². The summed E-state index contributed by atoms with van der Waals surface area (Å²) in [6.07, 6.45) is 3.70. The van der Waals surface area contributed by atoms with Gasteiger partial charge in [-0.3, -0.25) is 24.3 Å². The van der Waals surface area contributed by atoms with Crippen LogP contribution >= 0.6 is 0 Å². The summed E-state index contributed by atoms with van der Waals surface area (Å²) in [6.45, 7) is 1.83. The van der Waals surface area contributed by atoms with Crippen molar-refractivity contribution in [1.82, 2.24) is 24.9 Å². The maximum absolute atomic E-state index is 12.8. The lowest BCUT2D eigenvalue weighted by molar-refractivity contribution is -0.385. The van der Waals surface area contributed by atoms with Crippen LogP contribution < -0.4 is 5.32 Å². The largest absolute Gasteiger partial charge is 0.435 e. The Hall–Kier alpha value is -2.92. The number of nitrogens with one attached hydrogen (secondary N) is 1. The lowest BCUT2D eigenvalue weighted by atomic mass is 9.53. The second-order valence-electron chi connectivity index (χ2n) is 10.2. The molecule has 4 aliphatic carbocycles. The van der Waals surface area contributed by atoms with Gasteiger partial charge in [-0.25, -0.2) is 0 Å². The van der Waals surface area contributed by atoms with Crippen LogP contribution in [0.25, 0.3) is 0 Å². The Labute approximate surface area is 193 Å². The molecule has 4 aliphatic rings. The molecule has 12 heteroatoms. The Kier molecular flexibility index (Phi) is 5.44. The molecule has 2 heterocycles. The SMILES string of the molecule is Cc1cc(C(F)(F)F)nn1CCCNC(=O)c1nn(C23CC4CC(CC(C4)C2)C3)cc1[N+](=O)[O-]. The predicted molar refractivity (Wildman–Crippen MR) is 114 cm³/mol. The highest BCUT2D eigenvalue weighted by Crippen LogP contribution is 2.58. The van der Waals surface area contributed by atoms with Crippen molar-refractivity contribution in [2.75, 3.05) is 6.54 Å². The smallest absolute Gasteiger partial charge is 0.350 e. The molecule has 6 rings (SSSR count). The van der Waals surface area contributed by atoms with Gasteiger partial charge in [0, 0.05) is 18.8 Å². The Morgan fingerprint density at radius 1 is 1.21 bits per heavy atom. The van der Waals surface area contributed by atoms with E-state index in [1.54, 1.807) is 4.68 Å². The van der Waals surface area contributed by atoms with Crippen molar-refractivity contribution < 1.29 is 22.9 Å². The normalized spacial score (nSPS) is 27.8. The average Bonchev–Trinajstić information content (AvgIpc) is 3.35. The van der Waals surface area contributed by atoms with Gasteiger partial charge >= 0.3 is 11.9 Å². The number of halogens is 3. The van der Waals surface area contributed by atoms with E-state index in [0.29, 0.717) is 29.9 Å². The molecule has 1 N–H and O–H groups in total. The van der Waals surface area contributed by atoms with Gasteiger partial charge < -0.3 is 5.32 Å². The number of alkyl halides is 3. The van der Waals surface area contributed by atoms with Crippen molar-refractivity contribution in [3.05, 3.63) is 39.5 Å². The van der Waals surface area contributed by atoms with Crippen LogP contribution in [-0.2, 0) is 18.3 Å². The topological polar surface area (TPSA) is 108 Å². The van der Waals surface area contributed by atoms with E-state index in [1.165, 1.54) is 37.1 Å². The Balaban J connectivity index is 1.25. The Bertz CT molecular complexity index is 1090. The van der Waals surface area contributed by atoms with Crippen LogP contribution in [0.5, 0.6) is 0 Å². The first kappa shape index (κ1) is 22.9. The van der Waals surface area contributed by atoms with Gasteiger partial charge in [-0.05, 0) is 75.7 Å². The summed E-state index contributed by atoms with van der Waals surface area (Å²) in [5.74, 6) is 1.21. The van der Waals surface area contributed by atoms with E-state index in [0.717, 1.165) is 25.3 Å². The molecular weight excluding hydrogens is 453 g/mol. The summed E-state index contributed by atoms with van der Waals surface area (Å²) < 4.78 is 41.3. The number of aromatic nitrogens is 4. The molecule has 34 heavy (non-hydrogen) atoms. The van der Waals surface area contributed by atoms with Crippen LogP contribution in [-0.4, -0.2) is 36.9 Å². The minimum absolute atomic E-state index is 0.126. The van der Waals surface area contributed by atoms with Gasteiger partial charge in [0.05, 0.1) is 10.5 Å². The molecule has 184 valence electrons. The van der Waals surface area contributed by atoms with Gasteiger partial charge in [-0.15, -0.1) is 0 Å². The van der Waals surface area contributed by atoms with Gasteiger partial charge in [0.15, 0.2) is 5.69 Å². The fourth-order valence-corrected chi connectivity index (χ4v) is 6.64. The van der Waals surface area contributed by atoms with Crippen LogP contribution in [0.1, 0.15) is 66.8 Å². The summed E-state index contributed by atoms with van der Waals surface area (Å²) in [5.41, 5.74) is -1.36. The molecule has 0 radical (unpaired) electrons. The minimum Gasteiger partial charge on any atom is -0.350 e. The first-order valence-corrected chi connectivity index (χ1v) is 11.7. The van der Waals surface area contributed by atoms with Crippen molar-refractivity contribution >= 4 is 11.6 Å². The number of hydrogen-bond acceptors (Lipinski definition) is 5. The number of nitrogens with zero attached hydrogens (tertiary/aromatic N) is 5. The molecule has 2 aromatic heterocycles. The van der Waals surface area contributed by atoms with Crippen molar-refractivity contribution in [3.8, 4) is 0 Å². The van der Waals surface area contributed by atoms with Gasteiger partial charge in [-0.1, -0.05) is 0 Å². The second-order valence-corrected chi connectivity index (χ2v) is 10.2. The number of aryl methyl sites for hydroxylation is 2. The van der Waals surface area contributed by atoms with E-state index in [9.17, 15) is 28.1 Å². The summed E-state index contributed by atoms with van der Waals surface area (Å²) in [7, 11) is 0. The molecule has 0 unspecified atom stereocenters. The number of carbonyl (C=O) groups excluding carboxylic acids is 1. The fraction of sp³-hybridized carbons (Fsp3) is 0.682. The van der Waals surface area contributed by atoms with Crippen LogP contribution in [0.15, 0.2) is 12.3 Å². The summed E-state index contributed by atoms with van der Waals surface area (Å²) in [5, 5.41) is 22.3. The standard InChI is InChI=1S/C22H27F3N6O3/c1-13-5-18(22(23,24)25)27-29(13)4-2-3-26-20(32)19-17(31(33)34)12-30(28-19)21-9-14-6-15(10-21)8-16(7-14)11-21/h5,12,14-16H,2-4,6-11H2,1H3,(H,26,32). The highest BCUT2D eigenvalue weighted by Gasteiger charge is 2.53. The van der Waals surface area contributed by atoms with Gasteiger partial charge in [0.25, 0.3) is 5.91 Å². The van der Waals surface area contributed by atoms with Crippen LogP contribution in [0.4, 0.5) is 18.9 Å². The molecule has 0 spiro atoms. The zero-order valence-corrected chi connectivity index (χ0v) is 18.8. The molecule has 9 nitrogen and oxygen atoms in total. The predicted octanol–water partition coefficient (Wildman–Crippen LogP) is 4.06. The minimum atomic E-state index is -4.52. The molecule has 1 amide bonds. The summed E-state index contributed by atoms with van der Waals surface area (Å²) in [6, 6.07) is 0.971. The molecule has 4 fully saturated rings. The molecule has 0 aliphatic heterocycles. The molecule has 0 aromatic carbocycles. The van der Waals surface area contributed by atoms with Gasteiger partial charge in [0.1, 0.15) is 6.20 Å². The van der Waals surface area contributed by atoms with E-state index in [4.69, 9.17) is 0 Å². The Morgan fingerprint density at radius 3 is 2.35 bits per heavy atom. The fourth-order valence-electron chi connectivity index (χ4n) is 6.64. The maximum atomic E-state index is 12.8. The molecule has 2 aromatic rings. The van der Waals surface area contributed by atoms with Crippen molar-refractivity contribution in [2.45, 2.75) is 70.1 Å². The lowest BCUT2D eigenvalue weighted by Crippen LogP contribution is -2.52. The van der Waals surface area contributed by atoms with Crippen LogP contribution in [0.2, 0.25) is 0 Å². The van der Waals surface area contributed by atoms with E-state index >= 15 is 0 Å². The first-order chi connectivity index (χ1) is 16.0. The first-order valence-electron chi connectivity index (χ1n) is 11.7. The van der Waals surface area contributed by atoms with E-state index in [1.807, 2.05) is 0 Å². The third-order valence-corrected chi connectivity index (χ3v) is 7.70. The van der Waals surface area contributed by atoms with E-state index in [-0.39, 0.29) is 30.0 Å². The van der Waals surface area contributed by atoms with Crippen LogP contribution in [0, 0.1) is 34.8 Å². The Morgan fingerprint density at radius 2 is 1.82 bits per heavy atom. The molecule has 4 saturated carbocycles. The van der Waals surface area contributed by atoms with Gasteiger partial charge in [0.2, 0.25) is 5.69 Å². The van der Waals surface area contributed by atoms with Crippen LogP contribution in [0.3, 0.4) is 0 Å². The quantitative estimate of drug-likeness (QED) is 0.365. The third kappa shape index (κ3) is 4.07. The summed E-state index contributed by atoms with van der Waals surface area (Å²) in [4.78, 5) is 23.9. The number of nitro groups is 1. The summed E-state index contributed by atoms with van der Waals surface area (Å²) >= 11 is 0. The zero-order chi connectivity index (χ0) is 24.3. The third-order valence-electron chi connectivity index (χ3n) is 7.70. The molecule has 0 atom stereocenters.